The van der Waals surface area contributed by atoms with E-state index in [0.717, 1.165) is 0 Å². The molecule has 0 aliphatic carbocycles. The molecule has 0 aliphatic heterocycles. The first-order chi connectivity index (χ1) is 3.71. The van der Waals surface area contributed by atoms with Crippen LogP contribution in [0.15, 0.2) is 0 Å². The van der Waals surface area contributed by atoms with Gasteiger partial charge in [0.15, 0.2) is 0 Å². The van der Waals surface area contributed by atoms with Crippen molar-refractivity contribution >= 4 is 7.85 Å². The van der Waals surface area contributed by atoms with Gasteiger partial charge in [-0.3, -0.25) is 0 Å². The van der Waals surface area contributed by atoms with Gasteiger partial charge < -0.3 is 0 Å². The highest BCUT2D eigenvalue weighted by atomic mass is 14.2. The first-order valence-corrected chi connectivity index (χ1v) is 3.71. The molecule has 0 saturated heterocycles. The molecule has 0 N–H and O–H groups in total. The molecule has 54 valence electrons. The maximum Gasteiger partial charge on any atom is 0.108 e. The first-order valence-electron chi connectivity index (χ1n) is 3.71. The lowest BCUT2D eigenvalue weighted by Gasteiger charge is -2.28. The molecule has 0 aromatic heterocycles. The van der Waals surface area contributed by atoms with Crippen LogP contribution in [0.2, 0.25) is 5.31 Å². The number of rotatable bonds is 1. The van der Waals surface area contributed by atoms with Crippen molar-refractivity contribution in [3.05, 3.63) is 0 Å². The second-order valence-corrected chi connectivity index (χ2v) is 5.30. The van der Waals surface area contributed by atoms with Gasteiger partial charge in [0.1, 0.15) is 7.85 Å². The van der Waals surface area contributed by atoms with Gasteiger partial charge in [-0.25, -0.2) is 0 Å². The van der Waals surface area contributed by atoms with Crippen LogP contribution in [-0.4, -0.2) is 7.85 Å². The molecule has 0 aromatic carbocycles. The maximum atomic E-state index is 2.29. The minimum absolute atomic E-state index is 0.484. The Morgan fingerprint density at radius 1 is 1.00 bits per heavy atom. The Kier molecular flexibility index (Phi) is 2.38. The molecule has 0 bridgehead atoms. The van der Waals surface area contributed by atoms with Gasteiger partial charge in [0.2, 0.25) is 0 Å². The van der Waals surface area contributed by atoms with Gasteiger partial charge in [0, 0.05) is 0 Å². The van der Waals surface area contributed by atoms with Gasteiger partial charge in [-0.1, -0.05) is 46.4 Å². The average molecular weight is 126 g/mol. The second-order valence-electron chi connectivity index (χ2n) is 5.30. The van der Waals surface area contributed by atoms with E-state index in [0.29, 0.717) is 10.7 Å². The molecule has 1 heteroatoms. The van der Waals surface area contributed by atoms with E-state index < -0.39 is 0 Å². The van der Waals surface area contributed by atoms with E-state index in [2.05, 4.69) is 42.5 Å². The van der Waals surface area contributed by atoms with Crippen molar-refractivity contribution in [1.82, 2.24) is 0 Å². The van der Waals surface area contributed by atoms with Gasteiger partial charge in [-0.2, -0.15) is 0 Å². The van der Waals surface area contributed by atoms with Crippen LogP contribution >= 0.6 is 0 Å². The normalized spacial score (nSPS) is 13.9. The summed E-state index contributed by atoms with van der Waals surface area (Å²) in [6.07, 6.45) is 1.29. The monoisotopic (exact) mass is 126 g/mol. The summed E-state index contributed by atoms with van der Waals surface area (Å²) in [4.78, 5) is 0. The van der Waals surface area contributed by atoms with Crippen molar-refractivity contribution in [2.24, 2.45) is 5.41 Å². The quantitative estimate of drug-likeness (QED) is 0.472. The van der Waals surface area contributed by atoms with Crippen molar-refractivity contribution < 1.29 is 0 Å². The Balaban J connectivity index is 3.75. The van der Waals surface area contributed by atoms with Crippen LogP contribution in [0.1, 0.15) is 41.0 Å². The molecule has 0 atom stereocenters. The van der Waals surface area contributed by atoms with E-state index in [4.69, 9.17) is 0 Å². The zero-order valence-corrected chi connectivity index (χ0v) is 7.71. The second kappa shape index (κ2) is 2.36. The standard InChI is InChI=1S/C8H19B/c1-7(2,3)6-8(4,5)9/h6,9H2,1-5H3. The van der Waals surface area contributed by atoms with Gasteiger partial charge in [-0.15, -0.1) is 0 Å². The topological polar surface area (TPSA) is 0 Å². The average Bonchev–Trinajstić information content (AvgIpc) is 1.14. The Labute approximate surface area is 60.4 Å². The molecule has 0 nitrogen and oxygen atoms in total. The lowest BCUT2D eigenvalue weighted by molar-refractivity contribution is 0.331. The molecule has 0 amide bonds. The minimum Gasteiger partial charge on any atom is -0.0672 e. The third-order valence-electron chi connectivity index (χ3n) is 1.06. The van der Waals surface area contributed by atoms with Crippen LogP contribution < -0.4 is 0 Å². The minimum atomic E-state index is 0.484. The van der Waals surface area contributed by atoms with Crippen molar-refractivity contribution in [2.75, 3.05) is 0 Å². The van der Waals surface area contributed by atoms with Gasteiger partial charge >= 0.3 is 0 Å². The van der Waals surface area contributed by atoms with Crippen molar-refractivity contribution in [2.45, 2.75) is 46.4 Å². The lowest BCUT2D eigenvalue weighted by atomic mass is 9.64. The predicted octanol–water partition coefficient (Wildman–Crippen LogP) is 2.25. The summed E-state index contributed by atoms with van der Waals surface area (Å²) in [6.45, 7) is 11.4. The SMILES string of the molecule is BC(C)(C)CC(C)(C)C. The molecule has 0 radical (unpaired) electrons. The maximum absolute atomic E-state index is 2.29. The summed E-state index contributed by atoms with van der Waals surface area (Å²) in [6, 6.07) is 0. The van der Waals surface area contributed by atoms with Crippen LogP contribution in [0, 0.1) is 5.41 Å². The Morgan fingerprint density at radius 2 is 1.33 bits per heavy atom. The highest BCUT2D eigenvalue weighted by Crippen LogP contribution is 2.35. The van der Waals surface area contributed by atoms with Crippen LogP contribution in [0.25, 0.3) is 0 Å². The van der Waals surface area contributed by atoms with Crippen LogP contribution in [0.3, 0.4) is 0 Å². The number of hydrogen-bond donors (Lipinski definition) is 0. The zero-order chi connectivity index (χ0) is 7.71. The van der Waals surface area contributed by atoms with Gasteiger partial charge in [0.05, 0.1) is 0 Å². The Hall–Kier alpha value is 0.0649. The summed E-state index contributed by atoms with van der Waals surface area (Å²) >= 11 is 0. The first kappa shape index (κ1) is 9.06. The fraction of sp³-hybridized carbons (Fsp3) is 1.00. The highest BCUT2D eigenvalue weighted by molar-refractivity contribution is 6.14. The van der Waals surface area contributed by atoms with E-state index in [1.165, 1.54) is 6.42 Å². The van der Waals surface area contributed by atoms with Crippen LogP contribution in [-0.2, 0) is 0 Å². The van der Waals surface area contributed by atoms with E-state index in [1.54, 1.807) is 0 Å². The molecule has 0 spiro atoms. The lowest BCUT2D eigenvalue weighted by Crippen LogP contribution is -2.14. The molecule has 0 aromatic rings. The fourth-order valence-corrected chi connectivity index (χ4v) is 1.59. The molecular weight excluding hydrogens is 107 g/mol. The fourth-order valence-electron chi connectivity index (χ4n) is 1.59. The summed E-state index contributed by atoms with van der Waals surface area (Å²) in [5.41, 5.74) is 0.484. The van der Waals surface area contributed by atoms with Crippen molar-refractivity contribution in [1.29, 1.82) is 0 Å². The molecule has 0 unspecified atom stereocenters. The molecule has 0 fully saturated rings. The third-order valence-corrected chi connectivity index (χ3v) is 1.06. The summed E-state index contributed by atoms with van der Waals surface area (Å²) < 4.78 is 0. The van der Waals surface area contributed by atoms with Crippen molar-refractivity contribution in [3.63, 3.8) is 0 Å². The van der Waals surface area contributed by atoms with E-state index >= 15 is 0 Å². The zero-order valence-electron chi connectivity index (χ0n) is 7.71. The summed E-state index contributed by atoms with van der Waals surface area (Å²) in [5, 5.41) is 0.484. The highest BCUT2D eigenvalue weighted by Gasteiger charge is 2.20. The molecule has 0 aliphatic rings. The Morgan fingerprint density at radius 3 is 1.33 bits per heavy atom. The summed E-state index contributed by atoms with van der Waals surface area (Å²) in [5.74, 6) is 0. The van der Waals surface area contributed by atoms with E-state index in [-0.39, 0.29) is 0 Å². The third kappa shape index (κ3) is 8.06. The summed E-state index contributed by atoms with van der Waals surface area (Å²) in [7, 11) is 2.29. The molecule has 0 rings (SSSR count). The van der Waals surface area contributed by atoms with E-state index in [1.807, 2.05) is 0 Å². The van der Waals surface area contributed by atoms with Gasteiger partial charge in [-0.05, 0) is 5.41 Å². The molecule has 0 heterocycles. The molecular formula is C8H19B. The number of hydrogen-bond acceptors (Lipinski definition) is 0. The predicted molar refractivity (Wildman–Crippen MR) is 46.7 cm³/mol. The van der Waals surface area contributed by atoms with Crippen molar-refractivity contribution in [3.8, 4) is 0 Å². The smallest absolute Gasteiger partial charge is 0.0672 e. The largest absolute Gasteiger partial charge is 0.108 e. The van der Waals surface area contributed by atoms with Gasteiger partial charge in [0.25, 0.3) is 0 Å². The van der Waals surface area contributed by atoms with Crippen LogP contribution in [0.4, 0.5) is 0 Å². The molecule has 9 heavy (non-hydrogen) atoms. The Bertz CT molecular complexity index is 69.7. The van der Waals surface area contributed by atoms with E-state index in [9.17, 15) is 0 Å². The van der Waals surface area contributed by atoms with Crippen LogP contribution in [0.5, 0.6) is 0 Å². The molecule has 0 saturated carbocycles.